The van der Waals surface area contributed by atoms with Crippen LogP contribution in [-0.2, 0) is 9.59 Å². The van der Waals surface area contributed by atoms with E-state index in [9.17, 15) is 9.59 Å². The van der Waals surface area contributed by atoms with Crippen LogP contribution in [0.2, 0.25) is 0 Å². The van der Waals surface area contributed by atoms with Gasteiger partial charge in [-0.05, 0) is 40.0 Å². The minimum Gasteiger partial charge on any atom is -0.353 e. The third kappa shape index (κ3) is 2.10. The summed E-state index contributed by atoms with van der Waals surface area (Å²) >= 11 is 0. The molecule has 0 bridgehead atoms. The number of amides is 1. The first-order chi connectivity index (χ1) is 7.89. The van der Waals surface area contributed by atoms with Crippen molar-refractivity contribution in [2.75, 3.05) is 13.1 Å². The van der Waals surface area contributed by atoms with Gasteiger partial charge in [0.15, 0.2) is 0 Å². The van der Waals surface area contributed by atoms with Crippen molar-refractivity contribution in [2.45, 2.75) is 51.6 Å². The third-order valence-corrected chi connectivity index (χ3v) is 4.38. The highest BCUT2D eigenvalue weighted by molar-refractivity contribution is 5.85. The smallest absolute Gasteiger partial charge is 0.226 e. The fraction of sp³-hybridized carbons (Fsp3) is 0.846. The van der Waals surface area contributed by atoms with E-state index in [1.165, 1.54) is 0 Å². The minimum atomic E-state index is -0.400. The Hall–Kier alpha value is -0.900. The predicted octanol–water partition coefficient (Wildman–Crippen LogP) is 0.954. The standard InChI is InChI=1S/C13H22N2O2/c1-10-8-13(11(17)14-10)4-6-15(7-5-13)12(2,3)9-16/h9-10H,4-8H2,1-3H3,(H,14,17). The molecule has 0 aliphatic carbocycles. The molecule has 1 atom stereocenters. The van der Waals surface area contributed by atoms with Crippen LogP contribution in [0.4, 0.5) is 0 Å². The normalized spacial score (nSPS) is 29.4. The Balaban J connectivity index is 2.03. The van der Waals surface area contributed by atoms with Crippen molar-refractivity contribution in [3.05, 3.63) is 0 Å². The molecule has 1 spiro atoms. The van der Waals surface area contributed by atoms with E-state index in [1.54, 1.807) is 0 Å². The highest BCUT2D eigenvalue weighted by Gasteiger charge is 2.48. The summed E-state index contributed by atoms with van der Waals surface area (Å²) in [4.78, 5) is 25.2. The number of aldehydes is 1. The van der Waals surface area contributed by atoms with Crippen molar-refractivity contribution in [2.24, 2.45) is 5.41 Å². The third-order valence-electron chi connectivity index (χ3n) is 4.38. The molecule has 0 aromatic heterocycles. The summed E-state index contributed by atoms with van der Waals surface area (Å²) in [5.41, 5.74) is -0.558. The van der Waals surface area contributed by atoms with Crippen molar-refractivity contribution in [1.82, 2.24) is 10.2 Å². The Labute approximate surface area is 103 Å². The molecular weight excluding hydrogens is 216 g/mol. The summed E-state index contributed by atoms with van der Waals surface area (Å²) in [6, 6.07) is 0.299. The second-order valence-electron chi connectivity index (χ2n) is 6.12. The summed E-state index contributed by atoms with van der Waals surface area (Å²) in [7, 11) is 0. The molecule has 4 heteroatoms. The molecule has 2 aliphatic rings. The molecule has 2 fully saturated rings. The van der Waals surface area contributed by atoms with Gasteiger partial charge in [0.05, 0.1) is 11.0 Å². The van der Waals surface area contributed by atoms with Crippen LogP contribution in [0, 0.1) is 5.41 Å². The van der Waals surface area contributed by atoms with E-state index in [2.05, 4.69) is 17.1 Å². The first-order valence-electron chi connectivity index (χ1n) is 6.42. The molecule has 2 aliphatic heterocycles. The van der Waals surface area contributed by atoms with E-state index in [1.807, 2.05) is 13.8 Å². The van der Waals surface area contributed by atoms with Gasteiger partial charge < -0.3 is 10.1 Å². The van der Waals surface area contributed by atoms with Crippen LogP contribution < -0.4 is 5.32 Å². The highest BCUT2D eigenvalue weighted by Crippen LogP contribution is 2.41. The second kappa shape index (κ2) is 4.09. The molecule has 0 saturated carbocycles. The maximum absolute atomic E-state index is 12.0. The first kappa shape index (κ1) is 12.6. The number of piperidine rings is 1. The lowest BCUT2D eigenvalue weighted by atomic mass is 9.75. The van der Waals surface area contributed by atoms with Gasteiger partial charge >= 0.3 is 0 Å². The lowest BCUT2D eigenvalue weighted by Crippen LogP contribution is -2.52. The summed E-state index contributed by atoms with van der Waals surface area (Å²) in [5.74, 6) is 0.216. The Kier molecular flexibility index (Phi) is 3.02. The van der Waals surface area contributed by atoms with Gasteiger partial charge in [-0.15, -0.1) is 0 Å². The van der Waals surface area contributed by atoms with Gasteiger partial charge in [0, 0.05) is 19.1 Å². The Morgan fingerprint density at radius 1 is 1.41 bits per heavy atom. The molecule has 17 heavy (non-hydrogen) atoms. The minimum absolute atomic E-state index is 0.158. The van der Waals surface area contributed by atoms with Crippen LogP contribution in [-0.4, -0.2) is 41.8 Å². The van der Waals surface area contributed by atoms with Gasteiger partial charge in [-0.25, -0.2) is 0 Å². The van der Waals surface area contributed by atoms with E-state index < -0.39 is 5.54 Å². The molecule has 4 nitrogen and oxygen atoms in total. The quantitative estimate of drug-likeness (QED) is 0.729. The number of rotatable bonds is 2. The fourth-order valence-electron chi connectivity index (χ4n) is 3.12. The van der Waals surface area contributed by atoms with E-state index in [4.69, 9.17) is 0 Å². The Bertz CT molecular complexity index is 330. The zero-order valence-electron chi connectivity index (χ0n) is 11.0. The number of carbonyl (C=O) groups excluding carboxylic acids is 2. The number of hydrogen-bond acceptors (Lipinski definition) is 3. The van der Waals surface area contributed by atoms with Crippen molar-refractivity contribution in [1.29, 1.82) is 0 Å². The molecule has 2 saturated heterocycles. The largest absolute Gasteiger partial charge is 0.353 e. The predicted molar refractivity (Wildman–Crippen MR) is 65.6 cm³/mol. The molecule has 2 heterocycles. The summed E-state index contributed by atoms with van der Waals surface area (Å²) in [5, 5.41) is 3.02. The molecule has 1 amide bonds. The number of nitrogens with one attached hydrogen (secondary N) is 1. The fourth-order valence-corrected chi connectivity index (χ4v) is 3.12. The lowest BCUT2D eigenvalue weighted by molar-refractivity contribution is -0.131. The van der Waals surface area contributed by atoms with E-state index in [-0.39, 0.29) is 11.3 Å². The molecule has 96 valence electrons. The Morgan fingerprint density at radius 3 is 2.41 bits per heavy atom. The average Bonchev–Trinajstić information content (AvgIpc) is 2.54. The summed E-state index contributed by atoms with van der Waals surface area (Å²) in [6.07, 6.45) is 3.70. The summed E-state index contributed by atoms with van der Waals surface area (Å²) in [6.45, 7) is 7.62. The van der Waals surface area contributed by atoms with Crippen LogP contribution in [0.15, 0.2) is 0 Å². The Morgan fingerprint density at radius 2 is 2.00 bits per heavy atom. The van der Waals surface area contributed by atoms with Gasteiger partial charge in [-0.1, -0.05) is 0 Å². The second-order valence-corrected chi connectivity index (χ2v) is 6.12. The lowest BCUT2D eigenvalue weighted by Gasteiger charge is -2.43. The van der Waals surface area contributed by atoms with Crippen molar-refractivity contribution < 1.29 is 9.59 Å². The van der Waals surface area contributed by atoms with E-state index in [0.717, 1.165) is 38.6 Å². The maximum atomic E-state index is 12.0. The molecule has 0 aromatic carbocycles. The zero-order chi connectivity index (χ0) is 12.7. The number of likely N-dealkylation sites (tertiary alicyclic amines) is 1. The van der Waals surface area contributed by atoms with Gasteiger partial charge in [-0.3, -0.25) is 9.69 Å². The van der Waals surface area contributed by atoms with Crippen LogP contribution >= 0.6 is 0 Å². The number of nitrogens with zero attached hydrogens (tertiary/aromatic N) is 1. The molecule has 1 unspecified atom stereocenters. The van der Waals surface area contributed by atoms with E-state index >= 15 is 0 Å². The van der Waals surface area contributed by atoms with Gasteiger partial charge in [0.2, 0.25) is 5.91 Å². The van der Waals surface area contributed by atoms with Gasteiger partial charge in [-0.2, -0.15) is 0 Å². The van der Waals surface area contributed by atoms with Crippen LogP contribution in [0.1, 0.15) is 40.0 Å². The summed E-state index contributed by atoms with van der Waals surface area (Å²) < 4.78 is 0. The van der Waals surface area contributed by atoms with Gasteiger partial charge in [0.25, 0.3) is 0 Å². The number of hydrogen-bond donors (Lipinski definition) is 1. The van der Waals surface area contributed by atoms with Crippen molar-refractivity contribution >= 4 is 12.2 Å². The molecule has 0 aromatic rings. The highest BCUT2D eigenvalue weighted by atomic mass is 16.2. The molecule has 2 rings (SSSR count). The molecule has 0 radical (unpaired) electrons. The topological polar surface area (TPSA) is 49.4 Å². The van der Waals surface area contributed by atoms with Crippen molar-refractivity contribution in [3.63, 3.8) is 0 Å². The van der Waals surface area contributed by atoms with Crippen LogP contribution in [0.3, 0.4) is 0 Å². The molecule has 1 N–H and O–H groups in total. The van der Waals surface area contributed by atoms with Crippen LogP contribution in [0.25, 0.3) is 0 Å². The van der Waals surface area contributed by atoms with E-state index in [0.29, 0.717) is 6.04 Å². The average molecular weight is 238 g/mol. The number of carbonyl (C=O) groups is 2. The van der Waals surface area contributed by atoms with Crippen LogP contribution in [0.5, 0.6) is 0 Å². The van der Waals surface area contributed by atoms with Gasteiger partial charge in [0.1, 0.15) is 6.29 Å². The SMILES string of the molecule is CC1CC2(CCN(C(C)(C)C=O)CC2)C(=O)N1. The first-order valence-corrected chi connectivity index (χ1v) is 6.42. The molecular formula is C13H22N2O2. The maximum Gasteiger partial charge on any atom is 0.226 e. The zero-order valence-corrected chi connectivity index (χ0v) is 11.0. The monoisotopic (exact) mass is 238 g/mol. The van der Waals surface area contributed by atoms with Crippen molar-refractivity contribution in [3.8, 4) is 0 Å².